The fourth-order valence-corrected chi connectivity index (χ4v) is 4.61. The zero-order valence-corrected chi connectivity index (χ0v) is 14.4. The van der Waals surface area contributed by atoms with E-state index in [1.165, 1.54) is 12.8 Å². The van der Waals surface area contributed by atoms with E-state index in [9.17, 15) is 9.59 Å². The molecule has 0 radical (unpaired) electrons. The summed E-state index contributed by atoms with van der Waals surface area (Å²) < 4.78 is 0. The molecule has 3 rings (SSSR count). The second-order valence-corrected chi connectivity index (χ2v) is 8.04. The van der Waals surface area contributed by atoms with E-state index in [2.05, 4.69) is 12.2 Å². The molecule has 0 aromatic heterocycles. The number of amides is 2. The number of carbonyl (C=O) groups is 2. The molecule has 0 spiro atoms. The SMILES string of the molecule is CC1CCC(N2CC(C(=O)NC3(CN)CCCC3)CC2=O)CC1. The summed E-state index contributed by atoms with van der Waals surface area (Å²) in [5.41, 5.74) is 5.69. The first-order valence-corrected chi connectivity index (χ1v) is 9.34. The molecule has 0 bridgehead atoms. The summed E-state index contributed by atoms with van der Waals surface area (Å²) in [6, 6.07) is 0.353. The van der Waals surface area contributed by atoms with Crippen molar-refractivity contribution < 1.29 is 9.59 Å². The number of nitrogens with zero attached hydrogens (tertiary/aromatic N) is 1. The number of carbonyl (C=O) groups excluding carboxylic acids is 2. The average Bonchev–Trinajstić information content (AvgIpc) is 3.16. The zero-order valence-electron chi connectivity index (χ0n) is 14.4. The van der Waals surface area contributed by atoms with Gasteiger partial charge in [-0.15, -0.1) is 0 Å². The van der Waals surface area contributed by atoms with Crippen LogP contribution >= 0.6 is 0 Å². The van der Waals surface area contributed by atoms with Crippen LogP contribution in [0.25, 0.3) is 0 Å². The molecule has 0 aromatic carbocycles. The monoisotopic (exact) mass is 321 g/mol. The third-order valence-corrected chi connectivity index (χ3v) is 6.30. The number of hydrogen-bond donors (Lipinski definition) is 2. The molecule has 1 heterocycles. The van der Waals surface area contributed by atoms with Crippen LogP contribution in [0.1, 0.15) is 64.7 Å². The van der Waals surface area contributed by atoms with Crippen molar-refractivity contribution in [2.24, 2.45) is 17.6 Å². The van der Waals surface area contributed by atoms with Crippen LogP contribution in [-0.4, -0.2) is 41.4 Å². The van der Waals surface area contributed by atoms with Crippen molar-refractivity contribution in [1.82, 2.24) is 10.2 Å². The fourth-order valence-electron chi connectivity index (χ4n) is 4.61. The lowest BCUT2D eigenvalue weighted by atomic mass is 9.86. The second-order valence-electron chi connectivity index (χ2n) is 8.04. The van der Waals surface area contributed by atoms with E-state index in [4.69, 9.17) is 5.73 Å². The molecule has 5 heteroatoms. The Kier molecular flexibility index (Phi) is 4.95. The van der Waals surface area contributed by atoms with Gasteiger partial charge in [0.25, 0.3) is 0 Å². The lowest BCUT2D eigenvalue weighted by molar-refractivity contribution is -0.131. The van der Waals surface area contributed by atoms with Crippen molar-refractivity contribution in [1.29, 1.82) is 0 Å². The van der Waals surface area contributed by atoms with Crippen LogP contribution < -0.4 is 11.1 Å². The topological polar surface area (TPSA) is 75.4 Å². The normalized spacial score (nSPS) is 33.9. The summed E-state index contributed by atoms with van der Waals surface area (Å²) in [6.07, 6.45) is 9.16. The van der Waals surface area contributed by atoms with E-state index in [0.717, 1.165) is 44.4 Å². The number of likely N-dealkylation sites (tertiary alicyclic amines) is 1. The highest BCUT2D eigenvalue weighted by molar-refractivity contribution is 5.89. The maximum atomic E-state index is 12.6. The highest BCUT2D eigenvalue weighted by Crippen LogP contribution is 2.33. The molecule has 2 aliphatic carbocycles. The summed E-state index contributed by atoms with van der Waals surface area (Å²) in [6.45, 7) is 3.39. The Balaban J connectivity index is 1.57. The molecule has 1 aliphatic heterocycles. The van der Waals surface area contributed by atoms with E-state index in [-0.39, 0.29) is 23.3 Å². The van der Waals surface area contributed by atoms with Gasteiger partial charge < -0.3 is 16.0 Å². The van der Waals surface area contributed by atoms with E-state index in [0.29, 0.717) is 25.6 Å². The molecule has 1 atom stereocenters. The average molecular weight is 321 g/mol. The van der Waals surface area contributed by atoms with E-state index in [1.54, 1.807) is 0 Å². The van der Waals surface area contributed by atoms with Gasteiger partial charge in [-0.05, 0) is 44.4 Å². The van der Waals surface area contributed by atoms with Gasteiger partial charge in [0, 0.05) is 25.6 Å². The molecule has 3 fully saturated rings. The van der Waals surface area contributed by atoms with Crippen LogP contribution in [0.15, 0.2) is 0 Å². The second kappa shape index (κ2) is 6.80. The van der Waals surface area contributed by atoms with Crippen molar-refractivity contribution in [2.75, 3.05) is 13.1 Å². The van der Waals surface area contributed by atoms with Crippen molar-refractivity contribution in [3.63, 3.8) is 0 Å². The summed E-state index contributed by atoms with van der Waals surface area (Å²) in [5, 5.41) is 3.19. The Morgan fingerprint density at radius 2 is 1.91 bits per heavy atom. The largest absolute Gasteiger partial charge is 0.349 e. The first kappa shape index (κ1) is 16.7. The van der Waals surface area contributed by atoms with Crippen LogP contribution in [0.4, 0.5) is 0 Å². The first-order chi connectivity index (χ1) is 11.0. The molecule has 1 saturated heterocycles. The molecule has 3 aliphatic rings. The minimum atomic E-state index is -0.214. The van der Waals surface area contributed by atoms with Gasteiger partial charge in [-0.1, -0.05) is 19.8 Å². The fraction of sp³-hybridized carbons (Fsp3) is 0.889. The Morgan fingerprint density at radius 3 is 2.52 bits per heavy atom. The predicted octanol–water partition coefficient (Wildman–Crippen LogP) is 1.80. The molecule has 1 unspecified atom stereocenters. The van der Waals surface area contributed by atoms with Gasteiger partial charge in [-0.25, -0.2) is 0 Å². The van der Waals surface area contributed by atoms with Crippen molar-refractivity contribution in [2.45, 2.75) is 76.3 Å². The molecule has 130 valence electrons. The van der Waals surface area contributed by atoms with Crippen LogP contribution in [0.5, 0.6) is 0 Å². The van der Waals surface area contributed by atoms with Gasteiger partial charge in [0.1, 0.15) is 0 Å². The Bertz CT molecular complexity index is 451. The van der Waals surface area contributed by atoms with Gasteiger partial charge >= 0.3 is 0 Å². The molecular formula is C18H31N3O2. The number of nitrogens with one attached hydrogen (secondary N) is 1. The maximum Gasteiger partial charge on any atom is 0.225 e. The van der Waals surface area contributed by atoms with E-state index >= 15 is 0 Å². The molecule has 23 heavy (non-hydrogen) atoms. The van der Waals surface area contributed by atoms with Gasteiger partial charge in [0.05, 0.1) is 11.5 Å². The maximum absolute atomic E-state index is 12.6. The summed E-state index contributed by atoms with van der Waals surface area (Å²) in [4.78, 5) is 27.0. The first-order valence-electron chi connectivity index (χ1n) is 9.34. The predicted molar refractivity (Wildman–Crippen MR) is 89.6 cm³/mol. The van der Waals surface area contributed by atoms with E-state index in [1.807, 2.05) is 4.90 Å². The molecule has 3 N–H and O–H groups in total. The minimum Gasteiger partial charge on any atom is -0.349 e. The Hall–Kier alpha value is -1.10. The third-order valence-electron chi connectivity index (χ3n) is 6.30. The molecule has 5 nitrogen and oxygen atoms in total. The molecular weight excluding hydrogens is 290 g/mol. The molecule has 2 amide bonds. The number of rotatable bonds is 4. The summed E-state index contributed by atoms with van der Waals surface area (Å²) in [7, 11) is 0. The van der Waals surface area contributed by atoms with Gasteiger partial charge in [0.15, 0.2) is 0 Å². The van der Waals surface area contributed by atoms with Crippen LogP contribution in [0.3, 0.4) is 0 Å². The standard InChI is InChI=1S/C18H31N3O2/c1-13-4-6-15(7-5-13)21-11-14(10-16(21)22)17(23)20-18(12-19)8-2-3-9-18/h13-15H,2-12,19H2,1H3,(H,20,23). The molecule has 2 saturated carbocycles. The van der Waals surface area contributed by atoms with E-state index < -0.39 is 0 Å². The quantitative estimate of drug-likeness (QED) is 0.829. The van der Waals surface area contributed by atoms with Crippen LogP contribution in [-0.2, 0) is 9.59 Å². The minimum absolute atomic E-state index is 0.0392. The van der Waals surface area contributed by atoms with Crippen molar-refractivity contribution in [3.8, 4) is 0 Å². The number of nitrogens with two attached hydrogens (primary N) is 1. The lowest BCUT2D eigenvalue weighted by Gasteiger charge is -2.34. The summed E-state index contributed by atoms with van der Waals surface area (Å²) >= 11 is 0. The van der Waals surface area contributed by atoms with Gasteiger partial charge in [-0.2, -0.15) is 0 Å². The summed E-state index contributed by atoms with van der Waals surface area (Å²) in [5.74, 6) is 0.788. The van der Waals surface area contributed by atoms with Crippen molar-refractivity contribution in [3.05, 3.63) is 0 Å². The van der Waals surface area contributed by atoms with Crippen LogP contribution in [0.2, 0.25) is 0 Å². The Labute approximate surface area is 139 Å². The van der Waals surface area contributed by atoms with Gasteiger partial charge in [0.2, 0.25) is 11.8 Å². The highest BCUT2D eigenvalue weighted by atomic mass is 16.2. The number of hydrogen-bond acceptors (Lipinski definition) is 3. The smallest absolute Gasteiger partial charge is 0.225 e. The third kappa shape index (κ3) is 3.54. The van der Waals surface area contributed by atoms with Gasteiger partial charge in [-0.3, -0.25) is 9.59 Å². The lowest BCUT2D eigenvalue weighted by Crippen LogP contribution is -2.53. The van der Waals surface area contributed by atoms with Crippen molar-refractivity contribution >= 4 is 11.8 Å². The zero-order chi connectivity index (χ0) is 16.4. The Morgan fingerprint density at radius 1 is 1.26 bits per heavy atom. The molecule has 0 aromatic rings. The van der Waals surface area contributed by atoms with Crippen LogP contribution in [0, 0.1) is 11.8 Å². The highest BCUT2D eigenvalue weighted by Gasteiger charge is 2.41.